The van der Waals surface area contributed by atoms with Crippen LogP contribution in [0.2, 0.25) is 0 Å². The first kappa shape index (κ1) is 28.4. The molecule has 0 saturated heterocycles. The van der Waals surface area contributed by atoms with E-state index in [2.05, 4.69) is 203 Å². The highest BCUT2D eigenvalue weighted by atomic mass is 15.1. The largest absolute Gasteiger partial charge is 0.310 e. The number of fused-ring (bicyclic) bond motifs is 6. The molecule has 0 amide bonds. The van der Waals surface area contributed by atoms with Crippen molar-refractivity contribution in [2.45, 2.75) is 0 Å². The van der Waals surface area contributed by atoms with E-state index in [0.29, 0.717) is 0 Å². The predicted molar refractivity (Wildman–Crippen MR) is 212 cm³/mol. The van der Waals surface area contributed by atoms with E-state index in [0.717, 1.165) is 17.1 Å². The van der Waals surface area contributed by atoms with Crippen LogP contribution in [0.25, 0.3) is 71.5 Å². The van der Waals surface area contributed by atoms with E-state index in [1.54, 1.807) is 0 Å². The SMILES string of the molecule is c1ccc(-c2ccc(N(c3ccc(-c4ccccc4)cc3)c3cccc(-c4ccc5c6cccc7c8ccccc8n(c5c4)c76)c3)cc2)cc1. The van der Waals surface area contributed by atoms with Crippen LogP contribution in [0.1, 0.15) is 0 Å². The third kappa shape index (κ3) is 4.57. The first-order valence-electron chi connectivity index (χ1n) is 17.2. The molecule has 10 aromatic rings. The fourth-order valence-electron chi connectivity index (χ4n) is 7.75. The van der Waals surface area contributed by atoms with Gasteiger partial charge in [-0.3, -0.25) is 0 Å². The van der Waals surface area contributed by atoms with Crippen LogP contribution < -0.4 is 4.90 Å². The van der Waals surface area contributed by atoms with Gasteiger partial charge in [0, 0.05) is 38.6 Å². The number of para-hydroxylation sites is 2. The van der Waals surface area contributed by atoms with Gasteiger partial charge >= 0.3 is 0 Å². The summed E-state index contributed by atoms with van der Waals surface area (Å²) in [7, 11) is 0. The summed E-state index contributed by atoms with van der Waals surface area (Å²) in [6.07, 6.45) is 0. The fraction of sp³-hybridized carbons (Fsp3) is 0. The van der Waals surface area contributed by atoms with Crippen molar-refractivity contribution < 1.29 is 0 Å². The molecule has 10 rings (SSSR count). The Morgan fingerprint density at radius 1 is 0.280 bits per heavy atom. The number of benzene rings is 8. The summed E-state index contributed by atoms with van der Waals surface area (Å²) in [5, 5.41) is 5.20. The zero-order valence-corrected chi connectivity index (χ0v) is 27.4. The van der Waals surface area contributed by atoms with Crippen molar-refractivity contribution in [2.75, 3.05) is 4.90 Å². The smallest absolute Gasteiger partial charge is 0.0620 e. The number of nitrogens with zero attached hydrogens (tertiary/aromatic N) is 2. The Hall–Kier alpha value is -6.64. The highest BCUT2D eigenvalue weighted by Crippen LogP contribution is 2.42. The lowest BCUT2D eigenvalue weighted by atomic mass is 10.0. The van der Waals surface area contributed by atoms with Gasteiger partial charge in [0.15, 0.2) is 0 Å². The van der Waals surface area contributed by atoms with Gasteiger partial charge < -0.3 is 9.30 Å². The van der Waals surface area contributed by atoms with E-state index < -0.39 is 0 Å². The van der Waals surface area contributed by atoms with Crippen LogP contribution in [0.3, 0.4) is 0 Å². The van der Waals surface area contributed by atoms with Crippen LogP contribution in [0.5, 0.6) is 0 Å². The zero-order chi connectivity index (χ0) is 33.0. The summed E-state index contributed by atoms with van der Waals surface area (Å²) in [6, 6.07) is 70.3. The maximum atomic E-state index is 2.46. The Bertz CT molecular complexity index is 2690. The number of hydrogen-bond acceptors (Lipinski definition) is 1. The first-order valence-corrected chi connectivity index (χ1v) is 17.2. The fourth-order valence-corrected chi connectivity index (χ4v) is 7.75. The Morgan fingerprint density at radius 3 is 1.38 bits per heavy atom. The van der Waals surface area contributed by atoms with Gasteiger partial charge in [-0.05, 0) is 81.9 Å². The Labute approximate surface area is 291 Å². The standard InChI is InChI=1S/C48H32N2/c1-3-11-33(12-4-1)35-21-26-39(27-22-35)49(40-28-23-36(24-29-40)34-13-5-2-6-14-34)41-16-9-15-37(31-41)38-25-30-43-45-19-10-18-44-42-17-7-8-20-46(42)50(48(44)45)47(43)32-38/h1-32H. The molecule has 50 heavy (non-hydrogen) atoms. The van der Waals surface area contributed by atoms with E-state index in [1.165, 1.54) is 71.5 Å². The molecule has 0 unspecified atom stereocenters. The van der Waals surface area contributed by atoms with Gasteiger partial charge in [0.25, 0.3) is 0 Å². The monoisotopic (exact) mass is 636 g/mol. The number of rotatable bonds is 6. The van der Waals surface area contributed by atoms with Crippen LogP contribution in [-0.2, 0) is 0 Å². The first-order chi connectivity index (χ1) is 24.8. The quantitative estimate of drug-likeness (QED) is 0.176. The maximum Gasteiger partial charge on any atom is 0.0620 e. The molecular weight excluding hydrogens is 605 g/mol. The van der Waals surface area contributed by atoms with Crippen LogP contribution >= 0.6 is 0 Å². The molecule has 2 heteroatoms. The lowest BCUT2D eigenvalue weighted by molar-refractivity contribution is 1.28. The number of hydrogen-bond donors (Lipinski definition) is 0. The summed E-state index contributed by atoms with van der Waals surface area (Å²) < 4.78 is 2.46. The second-order valence-corrected chi connectivity index (χ2v) is 13.0. The molecule has 0 atom stereocenters. The normalized spacial score (nSPS) is 11.6. The van der Waals surface area contributed by atoms with Gasteiger partial charge in [-0.15, -0.1) is 0 Å². The van der Waals surface area contributed by atoms with E-state index in [-0.39, 0.29) is 0 Å². The molecule has 0 fully saturated rings. The maximum absolute atomic E-state index is 2.46. The molecule has 234 valence electrons. The van der Waals surface area contributed by atoms with E-state index in [4.69, 9.17) is 0 Å². The second kappa shape index (κ2) is 11.5. The lowest BCUT2D eigenvalue weighted by Crippen LogP contribution is -2.10. The Balaban J connectivity index is 1.10. The summed E-state index contributed by atoms with van der Waals surface area (Å²) in [5.74, 6) is 0. The van der Waals surface area contributed by atoms with Crippen molar-refractivity contribution in [3.63, 3.8) is 0 Å². The van der Waals surface area contributed by atoms with Crippen LogP contribution in [0.4, 0.5) is 17.1 Å². The van der Waals surface area contributed by atoms with Crippen LogP contribution in [-0.4, -0.2) is 4.40 Å². The average molecular weight is 637 g/mol. The predicted octanol–water partition coefficient (Wildman–Crippen LogP) is 13.3. The molecule has 0 aliphatic carbocycles. The minimum Gasteiger partial charge on any atom is -0.310 e. The topological polar surface area (TPSA) is 7.65 Å². The highest BCUT2D eigenvalue weighted by molar-refractivity contribution is 6.23. The number of anilines is 3. The highest BCUT2D eigenvalue weighted by Gasteiger charge is 2.18. The van der Waals surface area contributed by atoms with Crippen LogP contribution in [0, 0.1) is 0 Å². The third-order valence-corrected chi connectivity index (χ3v) is 10.1. The molecule has 2 heterocycles. The van der Waals surface area contributed by atoms with Gasteiger partial charge in [0.2, 0.25) is 0 Å². The molecular formula is C48H32N2. The van der Waals surface area contributed by atoms with E-state index in [9.17, 15) is 0 Å². The van der Waals surface area contributed by atoms with Crippen molar-refractivity contribution in [3.05, 3.63) is 194 Å². The molecule has 0 saturated carbocycles. The molecule has 0 aliphatic rings. The molecule has 8 aromatic carbocycles. The van der Waals surface area contributed by atoms with E-state index in [1.807, 2.05) is 0 Å². The summed E-state index contributed by atoms with van der Waals surface area (Å²) in [6.45, 7) is 0. The molecule has 0 aliphatic heterocycles. The van der Waals surface area contributed by atoms with Gasteiger partial charge in [-0.25, -0.2) is 0 Å². The second-order valence-electron chi connectivity index (χ2n) is 13.0. The Morgan fingerprint density at radius 2 is 0.740 bits per heavy atom. The summed E-state index contributed by atoms with van der Waals surface area (Å²) in [5.41, 5.74) is 14.3. The minimum absolute atomic E-state index is 1.11. The molecule has 0 N–H and O–H groups in total. The van der Waals surface area contributed by atoms with Gasteiger partial charge in [0.05, 0.1) is 16.6 Å². The number of aromatic nitrogens is 1. The molecule has 2 aromatic heterocycles. The van der Waals surface area contributed by atoms with Gasteiger partial charge in [-0.1, -0.05) is 146 Å². The Kier molecular flexibility index (Phi) is 6.53. The summed E-state index contributed by atoms with van der Waals surface area (Å²) >= 11 is 0. The minimum atomic E-state index is 1.11. The molecule has 0 bridgehead atoms. The van der Waals surface area contributed by atoms with Crippen molar-refractivity contribution in [1.82, 2.24) is 4.40 Å². The van der Waals surface area contributed by atoms with Crippen molar-refractivity contribution in [1.29, 1.82) is 0 Å². The molecule has 2 nitrogen and oxygen atoms in total. The lowest BCUT2D eigenvalue weighted by Gasteiger charge is -2.26. The van der Waals surface area contributed by atoms with Crippen molar-refractivity contribution in [3.8, 4) is 33.4 Å². The molecule has 0 radical (unpaired) electrons. The van der Waals surface area contributed by atoms with Crippen molar-refractivity contribution >= 4 is 55.2 Å². The third-order valence-electron chi connectivity index (χ3n) is 10.1. The van der Waals surface area contributed by atoms with Crippen molar-refractivity contribution in [2.24, 2.45) is 0 Å². The van der Waals surface area contributed by atoms with Gasteiger partial charge in [0.1, 0.15) is 0 Å². The molecule has 0 spiro atoms. The average Bonchev–Trinajstić information content (AvgIpc) is 3.72. The zero-order valence-electron chi connectivity index (χ0n) is 27.4. The van der Waals surface area contributed by atoms with Gasteiger partial charge in [-0.2, -0.15) is 0 Å². The van der Waals surface area contributed by atoms with Crippen LogP contribution in [0.15, 0.2) is 194 Å². The van der Waals surface area contributed by atoms with E-state index >= 15 is 0 Å². The summed E-state index contributed by atoms with van der Waals surface area (Å²) in [4.78, 5) is 2.36.